The first kappa shape index (κ1) is 48.5. The number of aliphatic hydroxyl groups is 6. The van der Waals surface area contributed by atoms with Crippen molar-refractivity contribution in [2.45, 2.75) is 154 Å². The minimum atomic E-state index is -0.916. The fourth-order valence-corrected chi connectivity index (χ4v) is 5.34. The third-order valence-electron chi connectivity index (χ3n) is 8.38. The van der Waals surface area contributed by atoms with Crippen molar-refractivity contribution in [3.8, 4) is 0 Å². The summed E-state index contributed by atoms with van der Waals surface area (Å²) in [6, 6.07) is 0. The standard InChI is InChI=1S/C36H74O13/c1-5-9-13-31(29(41)25-37)45-21-17-43-19-23-47-33(15-11-7-3)35(27-39)49-36(28-40)34(16-12-8-4)48-24-20-44-18-22-46-32(14-10-6-2)30(42)26-38/h29-42H,5-28H2,1-4H3. The van der Waals surface area contributed by atoms with E-state index < -0.39 is 48.8 Å². The zero-order valence-electron chi connectivity index (χ0n) is 31.1. The smallest absolute Gasteiger partial charge is 0.107 e. The van der Waals surface area contributed by atoms with Crippen molar-refractivity contribution in [3.05, 3.63) is 0 Å². The number of unbranched alkanes of at least 4 members (excludes halogenated alkanes) is 4. The van der Waals surface area contributed by atoms with Crippen LogP contribution in [0.4, 0.5) is 0 Å². The van der Waals surface area contributed by atoms with Crippen LogP contribution in [0.5, 0.6) is 0 Å². The van der Waals surface area contributed by atoms with Gasteiger partial charge >= 0.3 is 0 Å². The highest BCUT2D eigenvalue weighted by molar-refractivity contribution is 4.78. The van der Waals surface area contributed by atoms with Crippen molar-refractivity contribution >= 4 is 0 Å². The molecule has 8 atom stereocenters. The molecule has 13 nitrogen and oxygen atoms in total. The van der Waals surface area contributed by atoms with Gasteiger partial charge in [0.2, 0.25) is 0 Å². The maximum Gasteiger partial charge on any atom is 0.107 e. The lowest BCUT2D eigenvalue weighted by Gasteiger charge is -2.33. The molecule has 0 aromatic heterocycles. The van der Waals surface area contributed by atoms with Crippen LogP contribution in [-0.4, -0.2) is 159 Å². The molecule has 6 N–H and O–H groups in total. The third-order valence-corrected chi connectivity index (χ3v) is 8.38. The fourth-order valence-electron chi connectivity index (χ4n) is 5.34. The molecule has 0 aliphatic rings. The first-order valence-corrected chi connectivity index (χ1v) is 18.9. The molecule has 0 aromatic carbocycles. The molecule has 13 heteroatoms. The van der Waals surface area contributed by atoms with Gasteiger partial charge in [0.1, 0.15) is 24.4 Å². The van der Waals surface area contributed by atoms with Crippen molar-refractivity contribution in [1.29, 1.82) is 0 Å². The fraction of sp³-hybridized carbons (Fsp3) is 1.00. The molecule has 0 saturated carbocycles. The summed E-state index contributed by atoms with van der Waals surface area (Å²) >= 11 is 0. The van der Waals surface area contributed by atoms with Gasteiger partial charge in [-0.2, -0.15) is 0 Å². The lowest BCUT2D eigenvalue weighted by Crippen LogP contribution is -2.44. The first-order chi connectivity index (χ1) is 23.9. The Morgan fingerprint density at radius 2 is 0.653 bits per heavy atom. The van der Waals surface area contributed by atoms with Gasteiger partial charge in [0, 0.05) is 0 Å². The first-order valence-electron chi connectivity index (χ1n) is 18.9. The summed E-state index contributed by atoms with van der Waals surface area (Å²) < 4.78 is 41.4. The average Bonchev–Trinajstić information content (AvgIpc) is 3.12. The van der Waals surface area contributed by atoms with Crippen LogP contribution in [0.25, 0.3) is 0 Å². The minimum Gasteiger partial charge on any atom is -0.394 e. The van der Waals surface area contributed by atoms with Gasteiger partial charge in [-0.3, -0.25) is 0 Å². The lowest BCUT2D eigenvalue weighted by atomic mass is 10.0. The maximum atomic E-state index is 10.3. The Morgan fingerprint density at radius 3 is 0.918 bits per heavy atom. The van der Waals surface area contributed by atoms with Gasteiger partial charge in [-0.1, -0.05) is 79.1 Å². The van der Waals surface area contributed by atoms with Gasteiger partial charge < -0.3 is 63.8 Å². The normalized spacial score (nSPS) is 17.0. The summed E-state index contributed by atoms with van der Waals surface area (Å²) in [5, 5.41) is 59.1. The highest BCUT2D eigenvalue weighted by atomic mass is 16.6. The summed E-state index contributed by atoms with van der Waals surface area (Å²) in [4.78, 5) is 0. The second-order valence-electron chi connectivity index (χ2n) is 12.5. The number of rotatable bonds is 38. The zero-order chi connectivity index (χ0) is 36.5. The third kappa shape index (κ3) is 24.4. The molecule has 0 aliphatic heterocycles. The number of aliphatic hydroxyl groups excluding tert-OH is 6. The van der Waals surface area contributed by atoms with Crippen LogP contribution in [-0.2, 0) is 33.2 Å². The van der Waals surface area contributed by atoms with Crippen LogP contribution in [0, 0.1) is 0 Å². The van der Waals surface area contributed by atoms with Gasteiger partial charge in [0.25, 0.3) is 0 Å². The Kier molecular flexibility index (Phi) is 34.2. The van der Waals surface area contributed by atoms with E-state index in [1.165, 1.54) is 0 Å². The largest absolute Gasteiger partial charge is 0.394 e. The molecular weight excluding hydrogens is 640 g/mol. The minimum absolute atomic E-state index is 0.278. The zero-order valence-corrected chi connectivity index (χ0v) is 31.1. The Labute approximate surface area is 296 Å². The van der Waals surface area contributed by atoms with E-state index in [1.54, 1.807) is 0 Å². The summed E-state index contributed by atoms with van der Waals surface area (Å²) in [6.07, 6.45) is 5.26. The van der Waals surface area contributed by atoms with E-state index in [1.807, 2.05) is 0 Å². The highest BCUT2D eigenvalue weighted by Crippen LogP contribution is 2.19. The Morgan fingerprint density at radius 1 is 0.367 bits per heavy atom. The summed E-state index contributed by atoms with van der Waals surface area (Å²) in [5.74, 6) is 0. The number of ether oxygens (including phenoxy) is 7. The molecule has 0 fully saturated rings. The summed E-state index contributed by atoms with van der Waals surface area (Å²) in [6.45, 7) is 9.44. The van der Waals surface area contributed by atoms with Crippen molar-refractivity contribution in [3.63, 3.8) is 0 Å². The van der Waals surface area contributed by atoms with Gasteiger partial charge in [0.15, 0.2) is 0 Å². The van der Waals surface area contributed by atoms with Crippen LogP contribution in [0.1, 0.15) is 105 Å². The van der Waals surface area contributed by atoms with E-state index in [0.29, 0.717) is 52.1 Å². The molecule has 49 heavy (non-hydrogen) atoms. The van der Waals surface area contributed by atoms with Gasteiger partial charge in [-0.25, -0.2) is 0 Å². The van der Waals surface area contributed by atoms with Crippen molar-refractivity contribution < 1.29 is 63.8 Å². The van der Waals surface area contributed by atoms with E-state index in [0.717, 1.165) is 51.4 Å². The molecule has 0 amide bonds. The van der Waals surface area contributed by atoms with Crippen LogP contribution >= 0.6 is 0 Å². The van der Waals surface area contributed by atoms with E-state index >= 15 is 0 Å². The second-order valence-corrected chi connectivity index (χ2v) is 12.5. The van der Waals surface area contributed by atoms with E-state index in [9.17, 15) is 30.6 Å². The molecule has 0 bridgehead atoms. The van der Waals surface area contributed by atoms with Crippen molar-refractivity contribution in [1.82, 2.24) is 0 Å². The van der Waals surface area contributed by atoms with Gasteiger partial charge in [-0.05, 0) is 25.7 Å². The van der Waals surface area contributed by atoms with Crippen LogP contribution < -0.4 is 0 Å². The lowest BCUT2D eigenvalue weighted by molar-refractivity contribution is -0.173. The molecule has 0 aliphatic carbocycles. The Bertz CT molecular complexity index is 623. The van der Waals surface area contributed by atoms with E-state index in [-0.39, 0.29) is 52.9 Å². The molecule has 8 unspecified atom stereocenters. The summed E-state index contributed by atoms with van der Waals surface area (Å²) in [7, 11) is 0. The number of hydrogen-bond acceptors (Lipinski definition) is 13. The molecule has 296 valence electrons. The predicted molar refractivity (Wildman–Crippen MR) is 188 cm³/mol. The SMILES string of the molecule is CCCCC(OCCOCCOC(CCCC)C(CO)OC(CO)C(CCCC)OCCOCCOC(CCCC)C(O)CO)C(O)CO. The van der Waals surface area contributed by atoms with Crippen molar-refractivity contribution in [2.24, 2.45) is 0 Å². The van der Waals surface area contributed by atoms with E-state index in [4.69, 9.17) is 33.2 Å². The Balaban J connectivity index is 4.88. The van der Waals surface area contributed by atoms with Crippen LogP contribution in [0.3, 0.4) is 0 Å². The molecule has 0 saturated heterocycles. The average molecular weight is 715 g/mol. The molecule has 0 spiro atoms. The molecule has 0 heterocycles. The van der Waals surface area contributed by atoms with Crippen molar-refractivity contribution in [2.75, 3.05) is 79.3 Å². The molecule has 0 rings (SSSR count). The summed E-state index contributed by atoms with van der Waals surface area (Å²) in [5.41, 5.74) is 0. The van der Waals surface area contributed by atoms with E-state index in [2.05, 4.69) is 27.7 Å². The topological polar surface area (TPSA) is 186 Å². The quantitative estimate of drug-likeness (QED) is 0.0514. The Hall–Kier alpha value is -0.520. The number of hydrogen-bond donors (Lipinski definition) is 6. The highest BCUT2D eigenvalue weighted by Gasteiger charge is 2.30. The predicted octanol–water partition coefficient (Wildman–Crippen LogP) is 2.77. The molecule has 0 aromatic rings. The molecule has 0 radical (unpaired) electrons. The maximum absolute atomic E-state index is 10.3. The van der Waals surface area contributed by atoms with Crippen LogP contribution in [0.2, 0.25) is 0 Å². The molecular formula is C36H74O13. The monoisotopic (exact) mass is 715 g/mol. The van der Waals surface area contributed by atoms with Crippen LogP contribution in [0.15, 0.2) is 0 Å². The van der Waals surface area contributed by atoms with Gasteiger partial charge in [0.05, 0.1) is 104 Å². The second kappa shape index (κ2) is 34.6. The van der Waals surface area contributed by atoms with Gasteiger partial charge in [-0.15, -0.1) is 0 Å².